The molecule has 3 aromatic rings. The SMILES string of the molecule is CCCOc1ccc(C(=O)Oc2ccc(C=NNC(=O)c3cccc([N+](=O)[O-])c3)cc2OCC)cc1. The smallest absolute Gasteiger partial charge is 0.343 e. The van der Waals surface area contributed by atoms with Crippen LogP contribution in [0.5, 0.6) is 17.2 Å². The van der Waals surface area contributed by atoms with Crippen LogP contribution < -0.4 is 19.6 Å². The Balaban J connectivity index is 1.67. The molecule has 0 atom stereocenters. The van der Waals surface area contributed by atoms with Gasteiger partial charge in [-0.15, -0.1) is 0 Å². The Kier molecular flexibility index (Phi) is 9.10. The number of ether oxygens (including phenoxy) is 3. The molecular weight excluding hydrogens is 466 g/mol. The number of nitro benzene ring substituents is 1. The molecule has 0 heterocycles. The number of rotatable bonds is 11. The summed E-state index contributed by atoms with van der Waals surface area (Å²) in [6, 6.07) is 16.8. The number of hydrazone groups is 1. The van der Waals surface area contributed by atoms with Crippen molar-refractivity contribution in [3.63, 3.8) is 0 Å². The fraction of sp³-hybridized carbons (Fsp3) is 0.192. The first-order chi connectivity index (χ1) is 17.4. The number of nitrogens with one attached hydrogen (secondary N) is 1. The van der Waals surface area contributed by atoms with E-state index in [1.54, 1.807) is 49.4 Å². The molecule has 0 aromatic heterocycles. The highest BCUT2D eigenvalue weighted by atomic mass is 16.6. The summed E-state index contributed by atoms with van der Waals surface area (Å²) in [5, 5.41) is 14.8. The fourth-order valence-corrected chi connectivity index (χ4v) is 3.01. The third-order valence-electron chi connectivity index (χ3n) is 4.73. The molecule has 0 saturated heterocycles. The van der Waals surface area contributed by atoms with E-state index in [0.29, 0.717) is 35.8 Å². The summed E-state index contributed by atoms with van der Waals surface area (Å²) >= 11 is 0. The van der Waals surface area contributed by atoms with Crippen molar-refractivity contribution in [3.05, 3.63) is 93.5 Å². The van der Waals surface area contributed by atoms with Crippen molar-refractivity contribution < 1.29 is 28.7 Å². The van der Waals surface area contributed by atoms with Gasteiger partial charge in [0.2, 0.25) is 0 Å². The Morgan fingerprint density at radius 3 is 2.44 bits per heavy atom. The number of nitrogens with zero attached hydrogens (tertiary/aromatic N) is 2. The molecule has 10 heteroatoms. The number of amides is 1. The van der Waals surface area contributed by atoms with Gasteiger partial charge in [0.05, 0.1) is 29.9 Å². The highest BCUT2D eigenvalue weighted by Crippen LogP contribution is 2.29. The molecule has 1 amide bonds. The molecule has 0 radical (unpaired) electrons. The molecule has 1 N–H and O–H groups in total. The molecule has 0 fully saturated rings. The van der Waals surface area contributed by atoms with Gasteiger partial charge in [-0.05, 0) is 67.4 Å². The monoisotopic (exact) mass is 491 g/mol. The number of nitro groups is 1. The molecule has 0 bridgehead atoms. The van der Waals surface area contributed by atoms with Crippen LogP contribution in [-0.4, -0.2) is 36.2 Å². The van der Waals surface area contributed by atoms with Gasteiger partial charge < -0.3 is 14.2 Å². The van der Waals surface area contributed by atoms with Crippen LogP contribution in [0.1, 0.15) is 46.5 Å². The van der Waals surface area contributed by atoms with Crippen LogP contribution in [0.4, 0.5) is 5.69 Å². The summed E-state index contributed by atoms with van der Waals surface area (Å²) in [6.07, 6.45) is 2.26. The molecule has 0 aliphatic heterocycles. The van der Waals surface area contributed by atoms with Gasteiger partial charge >= 0.3 is 5.97 Å². The minimum absolute atomic E-state index is 0.101. The summed E-state index contributed by atoms with van der Waals surface area (Å²) in [5.74, 6) is 0.0681. The summed E-state index contributed by atoms with van der Waals surface area (Å²) in [7, 11) is 0. The Bertz CT molecular complexity index is 1260. The predicted octanol–water partition coefficient (Wildman–Crippen LogP) is 4.77. The zero-order valence-electron chi connectivity index (χ0n) is 19.8. The Hall–Kier alpha value is -4.73. The molecule has 0 saturated carbocycles. The zero-order valence-corrected chi connectivity index (χ0v) is 19.8. The standard InChI is InChI=1S/C26H25N3O7/c1-3-14-35-22-11-9-19(10-12-22)26(31)36-23-13-8-18(15-24(23)34-4-2)17-27-28-25(30)20-6-5-7-21(16-20)29(32)33/h5-13,15-17H,3-4,14H2,1-2H3,(H,28,30). The predicted molar refractivity (Wildman–Crippen MR) is 133 cm³/mol. The summed E-state index contributed by atoms with van der Waals surface area (Å²) in [6.45, 7) is 4.73. The van der Waals surface area contributed by atoms with Crippen LogP contribution in [0.3, 0.4) is 0 Å². The number of carbonyl (C=O) groups excluding carboxylic acids is 2. The minimum Gasteiger partial charge on any atom is -0.494 e. The van der Waals surface area contributed by atoms with Crippen molar-refractivity contribution in [1.29, 1.82) is 0 Å². The number of hydrogen-bond acceptors (Lipinski definition) is 8. The molecule has 0 aliphatic carbocycles. The maximum absolute atomic E-state index is 12.6. The first-order valence-corrected chi connectivity index (χ1v) is 11.2. The van der Waals surface area contributed by atoms with Crippen molar-refractivity contribution in [2.45, 2.75) is 20.3 Å². The zero-order chi connectivity index (χ0) is 25.9. The van der Waals surface area contributed by atoms with Crippen LogP contribution in [0, 0.1) is 10.1 Å². The molecule has 36 heavy (non-hydrogen) atoms. The lowest BCUT2D eigenvalue weighted by Gasteiger charge is -2.12. The van der Waals surface area contributed by atoms with Gasteiger partial charge in [-0.1, -0.05) is 13.0 Å². The first kappa shape index (κ1) is 25.9. The van der Waals surface area contributed by atoms with Crippen LogP contribution in [-0.2, 0) is 0 Å². The van der Waals surface area contributed by atoms with Crippen molar-refractivity contribution in [1.82, 2.24) is 5.43 Å². The number of benzene rings is 3. The summed E-state index contributed by atoms with van der Waals surface area (Å²) in [4.78, 5) is 35.1. The van der Waals surface area contributed by atoms with Crippen molar-refractivity contribution in [2.24, 2.45) is 5.10 Å². The van der Waals surface area contributed by atoms with Crippen molar-refractivity contribution in [3.8, 4) is 17.2 Å². The lowest BCUT2D eigenvalue weighted by atomic mass is 10.2. The number of carbonyl (C=O) groups is 2. The molecule has 10 nitrogen and oxygen atoms in total. The number of non-ortho nitro benzene ring substituents is 1. The average Bonchev–Trinajstić information content (AvgIpc) is 2.89. The lowest BCUT2D eigenvalue weighted by Crippen LogP contribution is -2.17. The lowest BCUT2D eigenvalue weighted by molar-refractivity contribution is -0.384. The molecule has 186 valence electrons. The van der Waals surface area contributed by atoms with Gasteiger partial charge in [0.15, 0.2) is 11.5 Å². The minimum atomic E-state index is -0.600. The summed E-state index contributed by atoms with van der Waals surface area (Å²) < 4.78 is 16.6. The van der Waals surface area contributed by atoms with Gasteiger partial charge in [0.1, 0.15) is 5.75 Å². The van der Waals surface area contributed by atoms with Crippen LogP contribution >= 0.6 is 0 Å². The molecule has 3 rings (SSSR count). The fourth-order valence-electron chi connectivity index (χ4n) is 3.01. The van der Waals surface area contributed by atoms with E-state index < -0.39 is 16.8 Å². The third kappa shape index (κ3) is 7.13. The van der Waals surface area contributed by atoms with E-state index in [0.717, 1.165) is 12.5 Å². The molecular formula is C26H25N3O7. The van der Waals surface area contributed by atoms with Gasteiger partial charge in [0, 0.05) is 17.7 Å². The van der Waals surface area contributed by atoms with Crippen LogP contribution in [0.2, 0.25) is 0 Å². The second kappa shape index (κ2) is 12.7. The summed E-state index contributed by atoms with van der Waals surface area (Å²) in [5.41, 5.74) is 3.15. The molecule has 0 unspecified atom stereocenters. The number of esters is 1. The van der Waals surface area contributed by atoms with Crippen molar-refractivity contribution >= 4 is 23.8 Å². The largest absolute Gasteiger partial charge is 0.494 e. The van der Waals surface area contributed by atoms with E-state index in [2.05, 4.69) is 10.5 Å². The van der Waals surface area contributed by atoms with Gasteiger partial charge in [-0.2, -0.15) is 5.10 Å². The second-order valence-electron chi connectivity index (χ2n) is 7.41. The highest BCUT2D eigenvalue weighted by molar-refractivity contribution is 5.95. The highest BCUT2D eigenvalue weighted by Gasteiger charge is 2.14. The van der Waals surface area contributed by atoms with Gasteiger partial charge in [-0.25, -0.2) is 10.2 Å². The van der Waals surface area contributed by atoms with E-state index in [1.165, 1.54) is 24.4 Å². The third-order valence-corrected chi connectivity index (χ3v) is 4.73. The number of hydrogen-bond donors (Lipinski definition) is 1. The quantitative estimate of drug-likeness (QED) is 0.134. The van der Waals surface area contributed by atoms with E-state index in [-0.39, 0.29) is 17.0 Å². The Labute approximate surface area is 207 Å². The van der Waals surface area contributed by atoms with E-state index >= 15 is 0 Å². The maximum atomic E-state index is 12.6. The average molecular weight is 492 g/mol. The second-order valence-corrected chi connectivity index (χ2v) is 7.41. The molecule has 0 spiro atoms. The maximum Gasteiger partial charge on any atom is 0.343 e. The van der Waals surface area contributed by atoms with E-state index in [1.807, 2.05) is 6.92 Å². The van der Waals surface area contributed by atoms with E-state index in [9.17, 15) is 19.7 Å². The van der Waals surface area contributed by atoms with E-state index in [4.69, 9.17) is 14.2 Å². The van der Waals surface area contributed by atoms with Gasteiger partial charge in [-0.3, -0.25) is 14.9 Å². The molecule has 3 aromatic carbocycles. The van der Waals surface area contributed by atoms with Gasteiger partial charge in [0.25, 0.3) is 11.6 Å². The normalized spacial score (nSPS) is 10.6. The Morgan fingerprint density at radius 2 is 1.75 bits per heavy atom. The molecule has 0 aliphatic rings. The van der Waals surface area contributed by atoms with Crippen LogP contribution in [0.15, 0.2) is 71.8 Å². The Morgan fingerprint density at radius 1 is 0.972 bits per heavy atom. The first-order valence-electron chi connectivity index (χ1n) is 11.2. The topological polar surface area (TPSA) is 129 Å². The van der Waals surface area contributed by atoms with Crippen LogP contribution in [0.25, 0.3) is 0 Å². The van der Waals surface area contributed by atoms with Crippen molar-refractivity contribution in [2.75, 3.05) is 13.2 Å².